The molecule has 4 nitrogen and oxygen atoms in total. The van der Waals surface area contributed by atoms with Crippen molar-refractivity contribution in [2.45, 2.75) is 46.3 Å². The molecule has 0 aliphatic rings. The van der Waals surface area contributed by atoms with Crippen molar-refractivity contribution in [3.05, 3.63) is 59.7 Å². The van der Waals surface area contributed by atoms with Crippen LogP contribution in [0.25, 0.3) is 0 Å². The maximum absolute atomic E-state index is 12.9. The summed E-state index contributed by atoms with van der Waals surface area (Å²) in [6.45, 7) is 8.21. The molecule has 2 aromatic carbocycles. The molecule has 0 aliphatic carbocycles. The summed E-state index contributed by atoms with van der Waals surface area (Å²) in [5, 5.41) is 3.17. The van der Waals surface area contributed by atoms with Gasteiger partial charge in [-0.15, -0.1) is 0 Å². The van der Waals surface area contributed by atoms with Crippen LogP contribution in [-0.4, -0.2) is 19.1 Å². The van der Waals surface area contributed by atoms with E-state index in [4.69, 9.17) is 9.47 Å². The maximum atomic E-state index is 12.9. The van der Waals surface area contributed by atoms with Gasteiger partial charge in [0.05, 0.1) is 24.8 Å². The first-order chi connectivity index (χ1) is 12.4. The van der Waals surface area contributed by atoms with E-state index >= 15 is 0 Å². The van der Waals surface area contributed by atoms with Crippen LogP contribution in [-0.2, 0) is 0 Å². The van der Waals surface area contributed by atoms with Crippen LogP contribution in [0.1, 0.15) is 56.1 Å². The molecule has 0 spiro atoms. The Balaban J connectivity index is 2.23. The molecule has 0 radical (unpaired) electrons. The Morgan fingerprint density at radius 1 is 1.00 bits per heavy atom. The van der Waals surface area contributed by atoms with Crippen molar-refractivity contribution < 1.29 is 14.3 Å². The Kier molecular flexibility index (Phi) is 7.07. The highest BCUT2D eigenvalue weighted by atomic mass is 16.5. The zero-order valence-corrected chi connectivity index (χ0v) is 16.3. The van der Waals surface area contributed by atoms with E-state index in [0.717, 1.165) is 17.7 Å². The zero-order chi connectivity index (χ0) is 19.1. The molecule has 2 rings (SSSR count). The lowest BCUT2D eigenvalue weighted by atomic mass is 9.96. The van der Waals surface area contributed by atoms with E-state index in [1.54, 1.807) is 13.2 Å². The van der Waals surface area contributed by atoms with Gasteiger partial charge in [-0.05, 0) is 56.0 Å². The Hall–Kier alpha value is -2.49. The molecule has 0 fully saturated rings. The van der Waals surface area contributed by atoms with E-state index in [1.165, 1.54) is 0 Å². The van der Waals surface area contributed by atoms with Crippen LogP contribution in [0, 0.1) is 5.92 Å². The average molecular weight is 355 g/mol. The molecule has 2 aromatic rings. The highest BCUT2D eigenvalue weighted by Gasteiger charge is 2.20. The van der Waals surface area contributed by atoms with Crippen molar-refractivity contribution in [2.24, 2.45) is 5.92 Å². The summed E-state index contributed by atoms with van der Waals surface area (Å²) in [6.07, 6.45) is 0.864. The van der Waals surface area contributed by atoms with Crippen molar-refractivity contribution in [1.29, 1.82) is 0 Å². The summed E-state index contributed by atoms with van der Waals surface area (Å²) in [5.74, 6) is 1.74. The molecule has 140 valence electrons. The lowest BCUT2D eigenvalue weighted by Crippen LogP contribution is -2.30. The number of ether oxygens (including phenoxy) is 2. The second kappa shape index (κ2) is 9.27. The second-order valence-electron chi connectivity index (χ2n) is 7.09. The monoisotopic (exact) mass is 355 g/mol. The largest absolute Gasteiger partial charge is 0.497 e. The number of amides is 1. The van der Waals surface area contributed by atoms with E-state index in [-0.39, 0.29) is 18.1 Å². The fourth-order valence-corrected chi connectivity index (χ4v) is 2.83. The summed E-state index contributed by atoms with van der Waals surface area (Å²) in [7, 11) is 1.65. The predicted molar refractivity (Wildman–Crippen MR) is 105 cm³/mol. The standard InChI is InChI=1S/C22H29NO3/c1-15(2)14-20(17-10-12-18(25-5)13-11-17)23-22(24)19-8-6-7-9-21(19)26-16(3)4/h6-13,15-16,20H,14H2,1-5H3,(H,23,24)/t20-/m1/s1. The molecule has 0 heterocycles. The second-order valence-corrected chi connectivity index (χ2v) is 7.09. The first-order valence-electron chi connectivity index (χ1n) is 9.11. The van der Waals surface area contributed by atoms with Crippen molar-refractivity contribution in [2.75, 3.05) is 7.11 Å². The third-order valence-electron chi connectivity index (χ3n) is 4.02. The molecular weight excluding hydrogens is 326 g/mol. The molecule has 0 unspecified atom stereocenters. The molecular formula is C22H29NO3. The Labute approximate surface area is 156 Å². The van der Waals surface area contributed by atoms with Gasteiger partial charge in [-0.3, -0.25) is 4.79 Å². The van der Waals surface area contributed by atoms with Crippen LogP contribution >= 0.6 is 0 Å². The van der Waals surface area contributed by atoms with Gasteiger partial charge in [0.1, 0.15) is 11.5 Å². The van der Waals surface area contributed by atoms with E-state index in [0.29, 0.717) is 17.2 Å². The van der Waals surface area contributed by atoms with E-state index in [9.17, 15) is 4.79 Å². The van der Waals surface area contributed by atoms with Gasteiger partial charge < -0.3 is 14.8 Å². The van der Waals surface area contributed by atoms with Gasteiger partial charge in [-0.1, -0.05) is 38.1 Å². The molecule has 1 atom stereocenters. The van der Waals surface area contributed by atoms with Crippen LogP contribution in [0.3, 0.4) is 0 Å². The minimum absolute atomic E-state index is 0.0111. The number of benzene rings is 2. The third kappa shape index (κ3) is 5.51. The minimum Gasteiger partial charge on any atom is -0.497 e. The van der Waals surface area contributed by atoms with Gasteiger partial charge >= 0.3 is 0 Å². The van der Waals surface area contributed by atoms with Crippen molar-refractivity contribution in [3.8, 4) is 11.5 Å². The molecule has 0 saturated carbocycles. The predicted octanol–water partition coefficient (Wildman–Crippen LogP) is 5.00. The van der Waals surface area contributed by atoms with E-state index in [2.05, 4.69) is 19.2 Å². The SMILES string of the molecule is COc1ccc([C@@H](CC(C)C)NC(=O)c2ccccc2OC(C)C)cc1. The number of para-hydroxylation sites is 1. The number of nitrogens with one attached hydrogen (secondary N) is 1. The molecule has 0 aliphatic heterocycles. The van der Waals surface area contributed by atoms with Gasteiger partial charge in [0, 0.05) is 0 Å². The number of hydrogen-bond acceptors (Lipinski definition) is 3. The number of hydrogen-bond donors (Lipinski definition) is 1. The van der Waals surface area contributed by atoms with Crippen LogP contribution in [0.5, 0.6) is 11.5 Å². The molecule has 0 bridgehead atoms. The normalized spacial score (nSPS) is 12.1. The van der Waals surface area contributed by atoms with Crippen molar-refractivity contribution in [1.82, 2.24) is 5.32 Å². The number of carbonyl (C=O) groups excluding carboxylic acids is 1. The molecule has 0 saturated heterocycles. The summed E-state index contributed by atoms with van der Waals surface area (Å²) >= 11 is 0. The lowest BCUT2D eigenvalue weighted by molar-refractivity contribution is 0.0926. The smallest absolute Gasteiger partial charge is 0.255 e. The molecule has 0 aromatic heterocycles. The number of rotatable bonds is 8. The fourth-order valence-electron chi connectivity index (χ4n) is 2.83. The Bertz CT molecular complexity index is 708. The lowest BCUT2D eigenvalue weighted by Gasteiger charge is -2.22. The average Bonchev–Trinajstić information content (AvgIpc) is 2.60. The molecule has 4 heteroatoms. The van der Waals surface area contributed by atoms with Gasteiger partial charge in [-0.2, -0.15) is 0 Å². The minimum atomic E-state index is -0.122. The van der Waals surface area contributed by atoms with Crippen LogP contribution in [0.15, 0.2) is 48.5 Å². The maximum Gasteiger partial charge on any atom is 0.255 e. The van der Waals surface area contributed by atoms with Gasteiger partial charge in [0.2, 0.25) is 0 Å². The highest BCUT2D eigenvalue weighted by molar-refractivity contribution is 5.97. The Morgan fingerprint density at radius 3 is 2.23 bits per heavy atom. The molecule has 1 N–H and O–H groups in total. The van der Waals surface area contributed by atoms with Crippen LogP contribution < -0.4 is 14.8 Å². The summed E-state index contributed by atoms with van der Waals surface area (Å²) in [4.78, 5) is 12.9. The molecule has 26 heavy (non-hydrogen) atoms. The Morgan fingerprint density at radius 2 is 1.65 bits per heavy atom. The molecule has 1 amide bonds. The summed E-state index contributed by atoms with van der Waals surface area (Å²) in [6, 6.07) is 15.1. The first kappa shape index (κ1) is 19.8. The van der Waals surface area contributed by atoms with E-state index < -0.39 is 0 Å². The number of methoxy groups -OCH3 is 1. The van der Waals surface area contributed by atoms with Crippen molar-refractivity contribution >= 4 is 5.91 Å². The van der Waals surface area contributed by atoms with Gasteiger partial charge in [0.15, 0.2) is 0 Å². The van der Waals surface area contributed by atoms with Gasteiger partial charge in [0.25, 0.3) is 5.91 Å². The van der Waals surface area contributed by atoms with Crippen LogP contribution in [0.4, 0.5) is 0 Å². The summed E-state index contributed by atoms with van der Waals surface area (Å²) < 4.78 is 11.0. The zero-order valence-electron chi connectivity index (χ0n) is 16.3. The quantitative estimate of drug-likeness (QED) is 0.725. The van der Waals surface area contributed by atoms with E-state index in [1.807, 2.05) is 56.3 Å². The number of carbonyl (C=O) groups is 1. The topological polar surface area (TPSA) is 47.6 Å². The first-order valence-corrected chi connectivity index (χ1v) is 9.11. The highest BCUT2D eigenvalue weighted by Crippen LogP contribution is 2.26. The fraction of sp³-hybridized carbons (Fsp3) is 0.409. The van der Waals surface area contributed by atoms with Crippen LogP contribution in [0.2, 0.25) is 0 Å². The van der Waals surface area contributed by atoms with Crippen molar-refractivity contribution in [3.63, 3.8) is 0 Å². The van der Waals surface area contributed by atoms with Gasteiger partial charge in [-0.25, -0.2) is 0 Å². The third-order valence-corrected chi connectivity index (χ3v) is 4.02. The summed E-state index contributed by atoms with van der Waals surface area (Å²) in [5.41, 5.74) is 1.62.